The van der Waals surface area contributed by atoms with Gasteiger partial charge in [-0.15, -0.1) is 0 Å². The number of amides is 1. The lowest BCUT2D eigenvalue weighted by atomic mass is 9.94. The largest absolute Gasteiger partial charge is 0.443 e. The van der Waals surface area contributed by atoms with E-state index in [9.17, 15) is 4.79 Å². The minimum absolute atomic E-state index is 0.0901. The lowest BCUT2D eigenvalue weighted by Gasteiger charge is -2.46. The van der Waals surface area contributed by atoms with Crippen molar-refractivity contribution in [3.63, 3.8) is 0 Å². The zero-order valence-electron chi connectivity index (χ0n) is 10.2. The van der Waals surface area contributed by atoms with Crippen molar-refractivity contribution in [1.82, 2.24) is 14.5 Å². The summed E-state index contributed by atoms with van der Waals surface area (Å²) in [6, 6.07) is 0.0901. The highest BCUT2D eigenvalue weighted by Gasteiger charge is 2.44. The van der Waals surface area contributed by atoms with Crippen LogP contribution in [0.25, 0.3) is 6.20 Å². The monoisotopic (exact) mass is 233 g/mol. The zero-order chi connectivity index (χ0) is 12.2. The summed E-state index contributed by atoms with van der Waals surface area (Å²) in [5.74, 6) is 0. The minimum Gasteiger partial charge on any atom is -0.443 e. The third kappa shape index (κ3) is 1.53. The predicted molar refractivity (Wildman–Crippen MR) is 61.9 cm³/mol. The lowest BCUT2D eigenvalue weighted by Crippen LogP contribution is -2.48. The first kappa shape index (κ1) is 10.4. The van der Waals surface area contributed by atoms with Gasteiger partial charge in [0.25, 0.3) is 0 Å². The van der Waals surface area contributed by atoms with Gasteiger partial charge in [0.1, 0.15) is 5.60 Å². The van der Waals surface area contributed by atoms with Crippen LogP contribution >= 0.6 is 0 Å². The van der Waals surface area contributed by atoms with Gasteiger partial charge in [-0.1, -0.05) is 0 Å². The molecule has 0 spiro atoms. The molecule has 1 aromatic rings. The van der Waals surface area contributed by atoms with Crippen molar-refractivity contribution in [1.29, 1.82) is 0 Å². The van der Waals surface area contributed by atoms with Crippen molar-refractivity contribution >= 4 is 12.3 Å². The molecule has 1 amide bonds. The Morgan fingerprint density at radius 3 is 3.00 bits per heavy atom. The van der Waals surface area contributed by atoms with Crippen LogP contribution in [0.15, 0.2) is 18.2 Å². The summed E-state index contributed by atoms with van der Waals surface area (Å²) < 4.78 is 7.35. The Morgan fingerprint density at radius 2 is 2.29 bits per heavy atom. The van der Waals surface area contributed by atoms with Crippen LogP contribution < -0.4 is 0 Å². The van der Waals surface area contributed by atoms with Crippen LogP contribution in [-0.4, -0.2) is 26.1 Å². The molecule has 5 nitrogen and oxygen atoms in total. The van der Waals surface area contributed by atoms with Crippen LogP contribution in [0, 0.1) is 0 Å². The Balaban J connectivity index is 1.83. The van der Waals surface area contributed by atoms with Crippen LogP contribution in [0.2, 0.25) is 0 Å². The summed E-state index contributed by atoms with van der Waals surface area (Å²) in [5, 5.41) is 0. The topological polar surface area (TPSA) is 47.4 Å². The first-order chi connectivity index (χ1) is 7.96. The zero-order valence-corrected chi connectivity index (χ0v) is 10.2. The Hall–Kier alpha value is -1.78. The van der Waals surface area contributed by atoms with Crippen LogP contribution in [0.4, 0.5) is 4.79 Å². The van der Waals surface area contributed by atoms with E-state index in [4.69, 9.17) is 4.74 Å². The highest BCUT2D eigenvalue weighted by molar-refractivity contribution is 5.75. The quantitative estimate of drug-likeness (QED) is 0.691. The maximum atomic E-state index is 12.0. The number of imidazole rings is 1. The standard InChI is InChI=1S/C12H15N3O2/c1-12(2,3)17-11(16)15-8-4-9(15)10-5-13-7-14(10)6-8/h5-7,9H,4H2,1-3H3. The molecule has 1 saturated heterocycles. The number of ether oxygens (including phenoxy) is 1. The average Bonchev–Trinajstić information content (AvgIpc) is 2.60. The third-order valence-electron chi connectivity index (χ3n) is 2.94. The summed E-state index contributed by atoms with van der Waals surface area (Å²) in [6.45, 7) is 5.62. The number of aromatic nitrogens is 2. The van der Waals surface area contributed by atoms with Crippen LogP contribution in [0.5, 0.6) is 0 Å². The number of hydrogen-bond acceptors (Lipinski definition) is 3. The fourth-order valence-electron chi connectivity index (χ4n) is 2.22. The maximum Gasteiger partial charge on any atom is 0.415 e. The fraction of sp³-hybridized carbons (Fsp3) is 0.500. The van der Waals surface area contributed by atoms with Crippen LogP contribution in [0.3, 0.4) is 0 Å². The summed E-state index contributed by atoms with van der Waals surface area (Å²) >= 11 is 0. The van der Waals surface area contributed by atoms with Gasteiger partial charge >= 0.3 is 6.09 Å². The molecule has 3 aliphatic heterocycles. The molecule has 0 aliphatic carbocycles. The Kier molecular flexibility index (Phi) is 1.91. The van der Waals surface area contributed by atoms with Gasteiger partial charge < -0.3 is 9.30 Å². The molecular weight excluding hydrogens is 218 g/mol. The van der Waals surface area contributed by atoms with E-state index < -0.39 is 5.60 Å². The number of carbonyl (C=O) groups excluding carboxylic acids is 1. The van der Waals surface area contributed by atoms with Gasteiger partial charge in [-0.2, -0.15) is 0 Å². The van der Waals surface area contributed by atoms with Crippen molar-refractivity contribution in [2.45, 2.75) is 38.8 Å². The molecule has 3 aliphatic rings. The highest BCUT2D eigenvalue weighted by atomic mass is 16.6. The van der Waals surface area contributed by atoms with E-state index in [1.807, 2.05) is 31.5 Å². The van der Waals surface area contributed by atoms with E-state index in [1.54, 1.807) is 17.4 Å². The first-order valence-corrected chi connectivity index (χ1v) is 5.70. The SMILES string of the molecule is CC(C)(C)OC(=O)N1C2=Cn3cncc3C1C2. The normalized spacial score (nSPS) is 21.5. The first-order valence-electron chi connectivity index (χ1n) is 5.70. The maximum absolute atomic E-state index is 12.0. The van der Waals surface area contributed by atoms with E-state index in [0.717, 1.165) is 17.8 Å². The van der Waals surface area contributed by atoms with Gasteiger partial charge in [0, 0.05) is 18.3 Å². The Bertz CT molecular complexity index is 510. The molecule has 17 heavy (non-hydrogen) atoms. The highest BCUT2D eigenvalue weighted by Crippen LogP contribution is 2.46. The molecule has 0 radical (unpaired) electrons. The molecule has 4 heterocycles. The molecule has 90 valence electrons. The number of hydrogen-bond donors (Lipinski definition) is 0. The summed E-state index contributed by atoms with van der Waals surface area (Å²) in [6.07, 6.45) is 6.12. The van der Waals surface area contributed by atoms with E-state index in [2.05, 4.69) is 4.98 Å². The van der Waals surface area contributed by atoms with Gasteiger partial charge in [-0.3, -0.25) is 4.90 Å². The molecule has 0 saturated carbocycles. The van der Waals surface area contributed by atoms with E-state index in [-0.39, 0.29) is 12.1 Å². The second-order valence-electron chi connectivity index (χ2n) is 5.42. The fourth-order valence-corrected chi connectivity index (χ4v) is 2.22. The van der Waals surface area contributed by atoms with Gasteiger partial charge in [0.15, 0.2) is 0 Å². The van der Waals surface area contributed by atoms with E-state index in [1.165, 1.54) is 0 Å². The molecule has 5 heteroatoms. The number of nitrogens with zero attached hydrogens (tertiary/aromatic N) is 3. The van der Waals surface area contributed by atoms with E-state index in [0.29, 0.717) is 0 Å². The molecule has 2 bridgehead atoms. The average molecular weight is 233 g/mol. The molecule has 1 atom stereocenters. The van der Waals surface area contributed by atoms with Crippen molar-refractivity contribution in [3.05, 3.63) is 23.9 Å². The molecule has 0 aromatic carbocycles. The number of carbonyl (C=O) groups is 1. The Labute approximate surface area is 99.7 Å². The summed E-state index contributed by atoms with van der Waals surface area (Å²) in [4.78, 5) is 17.8. The van der Waals surface area contributed by atoms with Crippen molar-refractivity contribution in [3.8, 4) is 0 Å². The molecule has 1 aromatic heterocycles. The minimum atomic E-state index is -0.457. The van der Waals surface area contributed by atoms with E-state index >= 15 is 0 Å². The van der Waals surface area contributed by atoms with Gasteiger partial charge in [-0.05, 0) is 20.8 Å². The van der Waals surface area contributed by atoms with Gasteiger partial charge in [-0.25, -0.2) is 9.78 Å². The lowest BCUT2D eigenvalue weighted by molar-refractivity contribution is 0.00855. The molecule has 0 N–H and O–H groups in total. The number of rotatable bonds is 0. The van der Waals surface area contributed by atoms with Crippen LogP contribution in [0.1, 0.15) is 38.9 Å². The van der Waals surface area contributed by atoms with Gasteiger partial charge in [0.05, 0.1) is 24.3 Å². The third-order valence-corrected chi connectivity index (χ3v) is 2.94. The molecule has 1 fully saturated rings. The summed E-state index contributed by atoms with van der Waals surface area (Å²) in [5.41, 5.74) is 1.59. The Morgan fingerprint density at radius 1 is 1.53 bits per heavy atom. The smallest absolute Gasteiger partial charge is 0.415 e. The van der Waals surface area contributed by atoms with Crippen molar-refractivity contribution in [2.75, 3.05) is 0 Å². The van der Waals surface area contributed by atoms with Crippen molar-refractivity contribution < 1.29 is 9.53 Å². The predicted octanol–water partition coefficient (Wildman–Crippen LogP) is 2.38. The van der Waals surface area contributed by atoms with Crippen molar-refractivity contribution in [2.24, 2.45) is 0 Å². The summed E-state index contributed by atoms with van der Waals surface area (Å²) in [7, 11) is 0. The second kappa shape index (κ2) is 3.12. The molecule has 4 rings (SSSR count). The van der Waals surface area contributed by atoms with Crippen LogP contribution in [-0.2, 0) is 4.74 Å². The molecular formula is C12H15N3O2. The molecule has 1 unspecified atom stereocenters. The second-order valence-corrected chi connectivity index (χ2v) is 5.42. The van der Waals surface area contributed by atoms with Gasteiger partial charge in [0.2, 0.25) is 0 Å².